The van der Waals surface area contributed by atoms with Crippen LogP contribution in [0.25, 0.3) is 0 Å². The van der Waals surface area contributed by atoms with E-state index in [9.17, 15) is 4.79 Å². The molecular formula is C16H26N4O2. The van der Waals surface area contributed by atoms with E-state index in [4.69, 9.17) is 4.74 Å². The van der Waals surface area contributed by atoms with Crippen LogP contribution < -0.4 is 10.2 Å². The summed E-state index contributed by atoms with van der Waals surface area (Å²) in [4.78, 5) is 20.7. The fourth-order valence-electron chi connectivity index (χ4n) is 2.48. The topological polar surface area (TPSA) is 57.7 Å². The van der Waals surface area contributed by atoms with E-state index >= 15 is 0 Å². The van der Waals surface area contributed by atoms with E-state index in [2.05, 4.69) is 20.1 Å². The van der Waals surface area contributed by atoms with Gasteiger partial charge in [0.25, 0.3) is 0 Å². The van der Waals surface area contributed by atoms with Crippen LogP contribution in [0.4, 0.5) is 5.82 Å². The fourth-order valence-corrected chi connectivity index (χ4v) is 2.48. The summed E-state index contributed by atoms with van der Waals surface area (Å²) < 4.78 is 5.25. The Morgan fingerprint density at radius 3 is 2.82 bits per heavy atom. The average molecular weight is 306 g/mol. The molecular weight excluding hydrogens is 280 g/mol. The van der Waals surface area contributed by atoms with Gasteiger partial charge in [-0.15, -0.1) is 0 Å². The molecule has 22 heavy (non-hydrogen) atoms. The Hall–Kier alpha value is -1.66. The first-order valence-electron chi connectivity index (χ1n) is 8.02. The van der Waals surface area contributed by atoms with Gasteiger partial charge in [0.2, 0.25) is 5.91 Å². The maximum Gasteiger partial charge on any atom is 0.234 e. The number of hydrogen-bond acceptors (Lipinski definition) is 5. The number of carbonyl (C=O) groups excluding carboxylic acids is 1. The molecule has 0 atom stereocenters. The molecule has 1 saturated heterocycles. The summed E-state index contributed by atoms with van der Waals surface area (Å²) in [5.41, 5.74) is 0. The number of nitrogens with zero attached hydrogens (tertiary/aromatic N) is 3. The predicted octanol–water partition coefficient (Wildman–Crippen LogP) is 0.746. The first-order chi connectivity index (χ1) is 10.8. The smallest absolute Gasteiger partial charge is 0.234 e. The number of pyridine rings is 1. The molecule has 0 radical (unpaired) electrons. The minimum atomic E-state index is 0.0998. The quantitative estimate of drug-likeness (QED) is 0.718. The van der Waals surface area contributed by atoms with Crippen LogP contribution in [0.2, 0.25) is 0 Å². The van der Waals surface area contributed by atoms with Crippen molar-refractivity contribution < 1.29 is 9.53 Å². The van der Waals surface area contributed by atoms with Crippen molar-refractivity contribution >= 4 is 11.7 Å². The van der Waals surface area contributed by atoms with E-state index in [1.165, 1.54) is 0 Å². The number of ether oxygens (including phenoxy) is 1. The van der Waals surface area contributed by atoms with E-state index in [-0.39, 0.29) is 5.91 Å². The number of nitrogens with one attached hydrogen (secondary N) is 1. The minimum Gasteiger partial charge on any atom is -0.382 e. The first-order valence-corrected chi connectivity index (χ1v) is 8.02. The lowest BCUT2D eigenvalue weighted by Crippen LogP contribution is -2.49. The van der Waals surface area contributed by atoms with Crippen LogP contribution in [0.15, 0.2) is 24.4 Å². The van der Waals surface area contributed by atoms with Gasteiger partial charge < -0.3 is 15.0 Å². The van der Waals surface area contributed by atoms with E-state index in [0.29, 0.717) is 19.7 Å². The van der Waals surface area contributed by atoms with Crippen LogP contribution in [0, 0.1) is 0 Å². The average Bonchev–Trinajstić information content (AvgIpc) is 2.56. The Kier molecular flexibility index (Phi) is 7.12. The lowest BCUT2D eigenvalue weighted by Gasteiger charge is -2.34. The van der Waals surface area contributed by atoms with Gasteiger partial charge in [-0.1, -0.05) is 6.07 Å². The van der Waals surface area contributed by atoms with Crippen LogP contribution in [-0.4, -0.2) is 68.3 Å². The van der Waals surface area contributed by atoms with Gasteiger partial charge in [0.1, 0.15) is 5.82 Å². The molecule has 6 nitrogen and oxygen atoms in total. The molecule has 2 rings (SSSR count). The molecule has 1 amide bonds. The molecule has 1 N–H and O–H groups in total. The third kappa shape index (κ3) is 5.61. The van der Waals surface area contributed by atoms with Crippen molar-refractivity contribution in [3.63, 3.8) is 0 Å². The molecule has 0 unspecified atom stereocenters. The summed E-state index contributed by atoms with van der Waals surface area (Å²) in [6.07, 6.45) is 2.68. The molecule has 122 valence electrons. The van der Waals surface area contributed by atoms with Gasteiger partial charge in [-0.2, -0.15) is 0 Å². The lowest BCUT2D eigenvalue weighted by atomic mass is 10.3. The van der Waals surface area contributed by atoms with Crippen molar-refractivity contribution in [3.05, 3.63) is 24.4 Å². The van der Waals surface area contributed by atoms with Crippen molar-refractivity contribution in [2.45, 2.75) is 13.3 Å². The number of amides is 1. The third-order valence-electron chi connectivity index (χ3n) is 3.70. The molecule has 1 aromatic heterocycles. The second-order valence-electron chi connectivity index (χ2n) is 5.35. The molecule has 0 aliphatic carbocycles. The van der Waals surface area contributed by atoms with Crippen molar-refractivity contribution in [3.8, 4) is 0 Å². The molecule has 0 aromatic carbocycles. The highest BCUT2D eigenvalue weighted by atomic mass is 16.5. The van der Waals surface area contributed by atoms with Crippen LogP contribution in [-0.2, 0) is 9.53 Å². The number of carbonyl (C=O) groups is 1. The number of anilines is 1. The zero-order valence-corrected chi connectivity index (χ0v) is 13.3. The number of hydrogen-bond donors (Lipinski definition) is 1. The predicted molar refractivity (Wildman–Crippen MR) is 87.0 cm³/mol. The van der Waals surface area contributed by atoms with E-state index < -0.39 is 0 Å². The van der Waals surface area contributed by atoms with Crippen molar-refractivity contribution in [1.29, 1.82) is 0 Å². The molecule has 0 saturated carbocycles. The minimum absolute atomic E-state index is 0.0998. The van der Waals surface area contributed by atoms with Gasteiger partial charge in [0.15, 0.2) is 0 Å². The lowest BCUT2D eigenvalue weighted by molar-refractivity contribution is -0.122. The van der Waals surface area contributed by atoms with Gasteiger partial charge in [0.05, 0.1) is 6.54 Å². The first kappa shape index (κ1) is 16.7. The third-order valence-corrected chi connectivity index (χ3v) is 3.70. The Balaban J connectivity index is 1.62. The highest BCUT2D eigenvalue weighted by Crippen LogP contribution is 2.12. The molecule has 1 aliphatic heterocycles. The second kappa shape index (κ2) is 9.38. The second-order valence-corrected chi connectivity index (χ2v) is 5.35. The maximum atomic E-state index is 11.9. The molecule has 6 heteroatoms. The maximum absolute atomic E-state index is 11.9. The number of aromatic nitrogens is 1. The molecule has 1 aromatic rings. The normalized spacial score (nSPS) is 15.8. The van der Waals surface area contributed by atoms with Crippen LogP contribution in [0.1, 0.15) is 13.3 Å². The summed E-state index contributed by atoms with van der Waals surface area (Å²) in [6.45, 7) is 8.18. The highest BCUT2D eigenvalue weighted by Gasteiger charge is 2.19. The standard InChI is InChI=1S/C16H26N4O2/c1-2-22-13-5-8-18-16(21)14-19-9-11-20(12-10-19)15-6-3-4-7-17-15/h3-4,6-7H,2,5,8-14H2,1H3,(H,18,21). The van der Waals surface area contributed by atoms with Gasteiger partial charge >= 0.3 is 0 Å². The van der Waals surface area contributed by atoms with Crippen molar-refractivity contribution in [2.24, 2.45) is 0 Å². The molecule has 1 aliphatic rings. The summed E-state index contributed by atoms with van der Waals surface area (Å²) >= 11 is 0. The van der Waals surface area contributed by atoms with E-state index in [0.717, 1.165) is 45.0 Å². The van der Waals surface area contributed by atoms with E-state index in [1.54, 1.807) is 0 Å². The van der Waals surface area contributed by atoms with Crippen molar-refractivity contribution in [1.82, 2.24) is 15.2 Å². The molecule has 2 heterocycles. The van der Waals surface area contributed by atoms with Crippen LogP contribution >= 0.6 is 0 Å². The monoisotopic (exact) mass is 306 g/mol. The summed E-state index contributed by atoms with van der Waals surface area (Å²) in [5, 5.41) is 2.95. The zero-order valence-electron chi connectivity index (χ0n) is 13.3. The van der Waals surface area contributed by atoms with E-state index in [1.807, 2.05) is 31.3 Å². The molecule has 0 bridgehead atoms. The number of piperazine rings is 1. The Bertz CT molecular complexity index is 433. The summed E-state index contributed by atoms with van der Waals surface area (Å²) in [7, 11) is 0. The number of rotatable bonds is 8. The molecule has 1 fully saturated rings. The van der Waals surface area contributed by atoms with Gasteiger partial charge in [-0.25, -0.2) is 4.98 Å². The van der Waals surface area contributed by atoms with Gasteiger partial charge in [0, 0.05) is 52.1 Å². The SMILES string of the molecule is CCOCCCNC(=O)CN1CCN(c2ccccn2)CC1. The highest BCUT2D eigenvalue weighted by molar-refractivity contribution is 5.78. The fraction of sp³-hybridized carbons (Fsp3) is 0.625. The Labute approximate surface area is 132 Å². The summed E-state index contributed by atoms with van der Waals surface area (Å²) in [6, 6.07) is 5.96. The Morgan fingerprint density at radius 2 is 2.14 bits per heavy atom. The van der Waals surface area contributed by atoms with Gasteiger partial charge in [-0.05, 0) is 25.5 Å². The molecule has 0 spiro atoms. The largest absolute Gasteiger partial charge is 0.382 e. The summed E-state index contributed by atoms with van der Waals surface area (Å²) in [5.74, 6) is 1.12. The Morgan fingerprint density at radius 1 is 1.32 bits per heavy atom. The zero-order chi connectivity index (χ0) is 15.6. The van der Waals surface area contributed by atoms with Crippen LogP contribution in [0.3, 0.4) is 0 Å². The van der Waals surface area contributed by atoms with Crippen LogP contribution in [0.5, 0.6) is 0 Å². The van der Waals surface area contributed by atoms with Gasteiger partial charge in [-0.3, -0.25) is 9.69 Å². The van der Waals surface area contributed by atoms with Crippen molar-refractivity contribution in [2.75, 3.05) is 57.4 Å².